The van der Waals surface area contributed by atoms with E-state index in [1.54, 1.807) is 0 Å². The molecule has 0 aliphatic heterocycles. The van der Waals surface area contributed by atoms with Crippen molar-refractivity contribution >= 4 is 31.1 Å². The molecule has 0 aliphatic rings. The summed E-state index contributed by atoms with van der Waals surface area (Å²) in [5, 5.41) is 5.42. The van der Waals surface area contributed by atoms with Gasteiger partial charge in [0.15, 0.2) is 0 Å². The van der Waals surface area contributed by atoms with Crippen molar-refractivity contribution in [2.24, 2.45) is 0 Å². The SMILES string of the molecule is C[Si]C.Cc1ccccc1-c1cccc2[cH-]c(C(C)(C)C)cc12.Cc1ccccc1-c1cccc2[cH-]c(C(C)(C)C)cc12.[Zr+2]. The molecule has 0 bridgehead atoms. The normalized spacial score (nSPS) is 11.3. The van der Waals surface area contributed by atoms with Crippen LogP contribution in [0.25, 0.3) is 43.8 Å². The summed E-state index contributed by atoms with van der Waals surface area (Å²) in [6.07, 6.45) is 0. The summed E-state index contributed by atoms with van der Waals surface area (Å²) in [5.74, 6) is 0. The van der Waals surface area contributed by atoms with Crippen LogP contribution in [0.2, 0.25) is 13.1 Å². The first-order chi connectivity index (χ1) is 20.3. The molecule has 6 rings (SSSR count). The second-order valence-electron chi connectivity index (χ2n) is 13.7. The van der Waals surface area contributed by atoms with Gasteiger partial charge in [-0.15, -0.1) is 69.1 Å². The molecule has 6 aromatic carbocycles. The second kappa shape index (κ2) is 15.0. The number of benzene rings is 4. The van der Waals surface area contributed by atoms with Crippen LogP contribution in [0, 0.1) is 13.8 Å². The Kier molecular flexibility index (Phi) is 12.2. The maximum atomic E-state index is 2.36. The molecule has 0 heterocycles. The smallest absolute Gasteiger partial charge is 0.164 e. The number of hydrogen-bond acceptors (Lipinski definition) is 0. The van der Waals surface area contributed by atoms with Crippen LogP contribution in [0.4, 0.5) is 0 Å². The number of hydrogen-bond donors (Lipinski definition) is 0. The molecule has 0 aromatic heterocycles. The van der Waals surface area contributed by atoms with E-state index in [1.165, 1.54) is 66.1 Å². The van der Waals surface area contributed by atoms with E-state index in [1.807, 2.05) is 0 Å². The van der Waals surface area contributed by atoms with Crippen LogP contribution >= 0.6 is 0 Å². The van der Waals surface area contributed by atoms with Crippen LogP contribution in [-0.4, -0.2) is 9.52 Å². The number of aryl methyl sites for hydroxylation is 2. The standard InChI is InChI=1S/2C20H21.C2H6Si.Zr/c2*1-14-8-5-6-10-17(14)18-11-7-9-15-12-16(13-19(15)18)20(2,3)4;1-3-2;/h2*5-13H,1-4H3;1-2H3;/q2*-1;;+2. The monoisotopic (exact) mass is 670 g/mol. The van der Waals surface area contributed by atoms with Crippen molar-refractivity contribution in [2.75, 3.05) is 0 Å². The van der Waals surface area contributed by atoms with Crippen molar-refractivity contribution in [3.05, 3.63) is 131 Å². The fraction of sp³-hybridized carbons (Fsp3) is 0.286. The van der Waals surface area contributed by atoms with Crippen LogP contribution in [0.5, 0.6) is 0 Å². The van der Waals surface area contributed by atoms with Gasteiger partial charge in [-0.05, 0) is 46.9 Å². The molecule has 2 heteroatoms. The van der Waals surface area contributed by atoms with Gasteiger partial charge in [-0.25, -0.2) is 0 Å². The van der Waals surface area contributed by atoms with Gasteiger partial charge in [-0.3, -0.25) is 0 Å². The van der Waals surface area contributed by atoms with Crippen molar-refractivity contribution in [1.82, 2.24) is 0 Å². The predicted octanol–water partition coefficient (Wildman–Crippen LogP) is 12.4. The summed E-state index contributed by atoms with van der Waals surface area (Å²) in [6, 6.07) is 39.8. The molecule has 0 atom stereocenters. The third kappa shape index (κ3) is 8.26. The third-order valence-electron chi connectivity index (χ3n) is 8.10. The molecule has 0 fully saturated rings. The van der Waals surface area contributed by atoms with E-state index in [0.717, 1.165) is 9.52 Å². The first kappa shape index (κ1) is 35.7. The zero-order valence-electron chi connectivity index (χ0n) is 28.4. The van der Waals surface area contributed by atoms with Gasteiger partial charge in [0.05, 0.1) is 0 Å². The molecule has 44 heavy (non-hydrogen) atoms. The average Bonchev–Trinajstić information content (AvgIpc) is 3.60. The van der Waals surface area contributed by atoms with Gasteiger partial charge in [0.2, 0.25) is 0 Å². The van der Waals surface area contributed by atoms with Gasteiger partial charge in [-0.1, -0.05) is 126 Å². The van der Waals surface area contributed by atoms with Crippen molar-refractivity contribution in [3.8, 4) is 22.3 Å². The third-order valence-corrected chi connectivity index (χ3v) is 8.10. The van der Waals surface area contributed by atoms with E-state index in [9.17, 15) is 0 Å². The maximum absolute atomic E-state index is 2.36. The Bertz CT molecular complexity index is 1670. The minimum absolute atomic E-state index is 0. The van der Waals surface area contributed by atoms with Crippen molar-refractivity contribution in [1.29, 1.82) is 0 Å². The molecule has 0 saturated heterocycles. The molecule has 0 amide bonds. The quantitative estimate of drug-likeness (QED) is 0.127. The van der Waals surface area contributed by atoms with E-state index in [-0.39, 0.29) is 37.0 Å². The van der Waals surface area contributed by atoms with Gasteiger partial charge in [0, 0.05) is 9.52 Å². The zero-order valence-corrected chi connectivity index (χ0v) is 31.9. The van der Waals surface area contributed by atoms with Gasteiger partial charge in [-0.2, -0.15) is 12.1 Å². The topological polar surface area (TPSA) is 0 Å². The Morgan fingerprint density at radius 3 is 1.11 bits per heavy atom. The molecule has 0 unspecified atom stereocenters. The summed E-state index contributed by atoms with van der Waals surface area (Å²) in [5.41, 5.74) is 11.2. The largest absolute Gasteiger partial charge is 2.00 e. The van der Waals surface area contributed by atoms with E-state index in [2.05, 4.69) is 178 Å². The predicted molar refractivity (Wildman–Crippen MR) is 194 cm³/mol. The first-order valence-corrected chi connectivity index (χ1v) is 17.5. The maximum Gasteiger partial charge on any atom is 2.00 e. The Labute approximate surface area is 288 Å². The van der Waals surface area contributed by atoms with Gasteiger partial charge in [0.25, 0.3) is 0 Å². The molecule has 6 aromatic rings. The Morgan fingerprint density at radius 1 is 0.477 bits per heavy atom. The van der Waals surface area contributed by atoms with E-state index in [4.69, 9.17) is 0 Å². The van der Waals surface area contributed by atoms with Crippen molar-refractivity contribution in [3.63, 3.8) is 0 Å². The summed E-state index contributed by atoms with van der Waals surface area (Å²) >= 11 is 0. The molecular weight excluding hydrogens is 624 g/mol. The fourth-order valence-electron chi connectivity index (χ4n) is 5.56. The molecule has 0 N–H and O–H groups in total. The van der Waals surface area contributed by atoms with Crippen LogP contribution in [0.15, 0.2) is 109 Å². The van der Waals surface area contributed by atoms with Gasteiger partial charge in [0.1, 0.15) is 0 Å². The summed E-state index contributed by atoms with van der Waals surface area (Å²) in [6.45, 7) is 22.3. The number of fused-ring (bicyclic) bond motifs is 2. The van der Waals surface area contributed by atoms with E-state index >= 15 is 0 Å². The van der Waals surface area contributed by atoms with Crippen molar-refractivity contribution < 1.29 is 26.2 Å². The molecule has 2 radical (unpaired) electrons. The summed E-state index contributed by atoms with van der Waals surface area (Å²) in [4.78, 5) is 0. The van der Waals surface area contributed by atoms with Gasteiger partial charge >= 0.3 is 26.2 Å². The van der Waals surface area contributed by atoms with Crippen LogP contribution in [0.3, 0.4) is 0 Å². The Balaban J connectivity index is 0.000000216. The summed E-state index contributed by atoms with van der Waals surface area (Å²) < 4.78 is 0. The average molecular weight is 672 g/mol. The number of rotatable bonds is 2. The van der Waals surface area contributed by atoms with E-state index in [0.29, 0.717) is 0 Å². The molecule has 0 spiro atoms. The molecule has 0 aliphatic carbocycles. The molecule has 224 valence electrons. The van der Waals surface area contributed by atoms with Crippen molar-refractivity contribution in [2.45, 2.75) is 79.3 Å². The first-order valence-electron chi connectivity index (χ1n) is 15.5. The second-order valence-corrected chi connectivity index (χ2v) is 14.7. The van der Waals surface area contributed by atoms with Crippen LogP contribution in [0.1, 0.15) is 63.8 Å². The van der Waals surface area contributed by atoms with Crippen LogP contribution in [-0.2, 0) is 37.0 Å². The minimum atomic E-state index is 0. The van der Waals surface area contributed by atoms with Gasteiger partial charge < -0.3 is 0 Å². The Morgan fingerprint density at radius 2 is 0.795 bits per heavy atom. The molecular formula is C42H48SiZr. The fourth-order valence-corrected chi connectivity index (χ4v) is 5.56. The summed E-state index contributed by atoms with van der Waals surface area (Å²) in [7, 11) is 1.08. The van der Waals surface area contributed by atoms with Crippen LogP contribution < -0.4 is 0 Å². The van der Waals surface area contributed by atoms with E-state index < -0.39 is 0 Å². The molecule has 0 saturated carbocycles. The minimum Gasteiger partial charge on any atom is -0.164 e. The molecule has 0 nitrogen and oxygen atoms in total. The Hall–Kier alpha value is -2.80. The zero-order chi connectivity index (χ0) is 31.4.